The van der Waals surface area contributed by atoms with E-state index in [1.54, 1.807) is 0 Å². The summed E-state index contributed by atoms with van der Waals surface area (Å²) in [5.41, 5.74) is 5.98. The molecule has 0 heterocycles. The van der Waals surface area contributed by atoms with Crippen molar-refractivity contribution in [3.63, 3.8) is 0 Å². The van der Waals surface area contributed by atoms with E-state index in [2.05, 4.69) is 38.7 Å². The molecule has 1 rings (SSSR count). The molecule has 0 bridgehead atoms. The molecule has 0 saturated carbocycles. The Morgan fingerprint density at radius 2 is 2.08 bits per heavy atom. The van der Waals surface area contributed by atoms with Crippen LogP contribution in [0.3, 0.4) is 0 Å². The van der Waals surface area contributed by atoms with Gasteiger partial charge in [0.25, 0.3) is 0 Å². The minimum atomic E-state index is 0.711. The lowest BCUT2D eigenvalue weighted by Crippen LogP contribution is -1.91. The van der Waals surface area contributed by atoms with Crippen LogP contribution in [0, 0.1) is 5.92 Å². The highest BCUT2D eigenvalue weighted by molar-refractivity contribution is 5.35. The molecule has 1 aliphatic carbocycles. The van der Waals surface area contributed by atoms with Crippen LogP contribution in [-0.2, 0) is 0 Å². The lowest BCUT2D eigenvalue weighted by atomic mass is 9.98. The van der Waals surface area contributed by atoms with Crippen molar-refractivity contribution in [1.29, 1.82) is 0 Å². The minimum Gasteiger partial charge on any atom is -0.117 e. The second kappa shape index (κ2) is 4.13. The average Bonchev–Trinajstić information content (AvgIpc) is 2.16. The zero-order chi connectivity index (χ0) is 8.97. The summed E-state index contributed by atoms with van der Waals surface area (Å²) in [6, 6.07) is 0. The zero-order valence-electron chi connectivity index (χ0n) is 8.09. The Morgan fingerprint density at radius 1 is 1.33 bits per heavy atom. The summed E-state index contributed by atoms with van der Waals surface area (Å²) < 4.78 is 0. The van der Waals surface area contributed by atoms with Gasteiger partial charge in [0.05, 0.1) is 0 Å². The fourth-order valence-corrected chi connectivity index (χ4v) is 1.25. The van der Waals surface area contributed by atoms with Gasteiger partial charge >= 0.3 is 0 Å². The molecule has 64 valence electrons. The summed E-state index contributed by atoms with van der Waals surface area (Å²) in [6.07, 6.45) is 9.35. The van der Waals surface area contributed by atoms with Gasteiger partial charge in [-0.15, -0.1) is 5.73 Å². The minimum absolute atomic E-state index is 0.711. The average molecular weight is 160 g/mol. The lowest BCUT2D eigenvalue weighted by Gasteiger charge is -2.06. The van der Waals surface area contributed by atoms with Crippen LogP contribution < -0.4 is 0 Å². The molecule has 0 saturated heterocycles. The monoisotopic (exact) mass is 160 g/mol. The smallest absolute Gasteiger partial charge is 0.00286 e. The molecule has 0 spiro atoms. The van der Waals surface area contributed by atoms with E-state index in [0.29, 0.717) is 5.92 Å². The molecule has 0 nitrogen and oxygen atoms in total. The van der Waals surface area contributed by atoms with Crippen molar-refractivity contribution in [2.24, 2.45) is 5.92 Å². The van der Waals surface area contributed by atoms with E-state index in [4.69, 9.17) is 0 Å². The molecule has 0 N–H and O–H groups in total. The van der Waals surface area contributed by atoms with Crippen molar-refractivity contribution in [2.45, 2.75) is 27.2 Å². The number of allylic oxidation sites excluding steroid dienone is 5. The first-order valence-corrected chi connectivity index (χ1v) is 4.49. The molecular formula is C12H16. The van der Waals surface area contributed by atoms with Crippen molar-refractivity contribution in [3.8, 4) is 0 Å². The Labute approximate surface area is 75.0 Å². The van der Waals surface area contributed by atoms with Gasteiger partial charge in [-0.3, -0.25) is 0 Å². The molecule has 0 aromatic rings. The molecule has 0 radical (unpaired) electrons. The zero-order valence-corrected chi connectivity index (χ0v) is 8.09. The summed E-state index contributed by atoms with van der Waals surface area (Å²) in [4.78, 5) is 0. The fraction of sp³-hybridized carbons (Fsp3) is 0.417. The molecule has 0 fully saturated rings. The van der Waals surface area contributed by atoms with Crippen molar-refractivity contribution < 1.29 is 0 Å². The first kappa shape index (κ1) is 9.09. The van der Waals surface area contributed by atoms with Crippen molar-refractivity contribution >= 4 is 0 Å². The molecule has 12 heavy (non-hydrogen) atoms. The van der Waals surface area contributed by atoms with Crippen molar-refractivity contribution in [2.75, 3.05) is 0 Å². The molecule has 0 unspecified atom stereocenters. The normalized spacial score (nSPS) is 16.0. The van der Waals surface area contributed by atoms with E-state index in [1.165, 1.54) is 11.1 Å². The van der Waals surface area contributed by atoms with Gasteiger partial charge in [0.15, 0.2) is 0 Å². The molecule has 0 aliphatic heterocycles. The molecule has 0 atom stereocenters. The van der Waals surface area contributed by atoms with Crippen LogP contribution in [0.4, 0.5) is 0 Å². The summed E-state index contributed by atoms with van der Waals surface area (Å²) in [5, 5.41) is 0. The third-order valence-electron chi connectivity index (χ3n) is 1.90. The Balaban J connectivity index is 2.82. The van der Waals surface area contributed by atoms with E-state index in [9.17, 15) is 0 Å². The first-order chi connectivity index (χ1) is 5.70. The van der Waals surface area contributed by atoms with E-state index in [-0.39, 0.29) is 0 Å². The largest absolute Gasteiger partial charge is 0.117 e. The SMILES string of the molecule is CC1=CC=CC=C=C1CC(C)C. The van der Waals surface area contributed by atoms with Crippen LogP contribution in [0.5, 0.6) is 0 Å². The fourth-order valence-electron chi connectivity index (χ4n) is 1.25. The van der Waals surface area contributed by atoms with Gasteiger partial charge in [-0.2, -0.15) is 0 Å². The highest BCUT2D eigenvalue weighted by Gasteiger charge is 2.02. The van der Waals surface area contributed by atoms with Crippen molar-refractivity contribution in [3.05, 3.63) is 41.2 Å². The van der Waals surface area contributed by atoms with Gasteiger partial charge in [0.2, 0.25) is 0 Å². The Hall–Kier alpha value is -1.00. The lowest BCUT2D eigenvalue weighted by molar-refractivity contribution is 0.646. The van der Waals surface area contributed by atoms with E-state index in [0.717, 1.165) is 6.42 Å². The van der Waals surface area contributed by atoms with Gasteiger partial charge in [-0.25, -0.2) is 0 Å². The Bertz CT molecular complexity index is 268. The van der Waals surface area contributed by atoms with E-state index < -0.39 is 0 Å². The standard InChI is InChI=1S/C12H16/c1-10(2)9-12-8-6-4-5-7-11(12)3/h4-7,10H,9H2,1-3H3. The molecule has 0 aromatic carbocycles. The van der Waals surface area contributed by atoms with Crippen molar-refractivity contribution in [1.82, 2.24) is 0 Å². The summed E-state index contributed by atoms with van der Waals surface area (Å²) in [5.74, 6) is 0.711. The summed E-state index contributed by atoms with van der Waals surface area (Å²) >= 11 is 0. The topological polar surface area (TPSA) is 0 Å². The van der Waals surface area contributed by atoms with Crippen LogP contribution in [0.2, 0.25) is 0 Å². The second-order valence-electron chi connectivity index (χ2n) is 3.62. The van der Waals surface area contributed by atoms with Crippen LogP contribution in [0.25, 0.3) is 0 Å². The first-order valence-electron chi connectivity index (χ1n) is 4.49. The van der Waals surface area contributed by atoms with Gasteiger partial charge in [-0.1, -0.05) is 32.1 Å². The molecule has 0 aromatic heterocycles. The van der Waals surface area contributed by atoms with Crippen LogP contribution in [-0.4, -0.2) is 0 Å². The maximum atomic E-state index is 3.30. The predicted molar refractivity (Wildman–Crippen MR) is 53.9 cm³/mol. The van der Waals surface area contributed by atoms with Crippen LogP contribution >= 0.6 is 0 Å². The van der Waals surface area contributed by atoms with Crippen LogP contribution in [0.1, 0.15) is 27.2 Å². The molecular weight excluding hydrogens is 144 g/mol. The quantitative estimate of drug-likeness (QED) is 0.541. The molecule has 0 amide bonds. The van der Waals surface area contributed by atoms with E-state index in [1.807, 2.05) is 12.2 Å². The van der Waals surface area contributed by atoms with Gasteiger partial charge in [0, 0.05) is 0 Å². The second-order valence-corrected chi connectivity index (χ2v) is 3.62. The summed E-state index contributed by atoms with van der Waals surface area (Å²) in [6.45, 7) is 6.62. The maximum absolute atomic E-state index is 3.30. The van der Waals surface area contributed by atoms with Gasteiger partial charge < -0.3 is 0 Å². The Morgan fingerprint density at radius 3 is 2.75 bits per heavy atom. The van der Waals surface area contributed by atoms with Gasteiger partial charge in [0.1, 0.15) is 0 Å². The number of rotatable bonds is 2. The third kappa shape index (κ3) is 2.56. The number of hydrogen-bond donors (Lipinski definition) is 0. The third-order valence-corrected chi connectivity index (χ3v) is 1.90. The highest BCUT2D eigenvalue weighted by atomic mass is 14.1. The van der Waals surface area contributed by atoms with Gasteiger partial charge in [-0.05, 0) is 36.5 Å². The Kier molecular flexibility index (Phi) is 3.13. The van der Waals surface area contributed by atoms with E-state index >= 15 is 0 Å². The highest BCUT2D eigenvalue weighted by Crippen LogP contribution is 2.18. The summed E-state index contributed by atoms with van der Waals surface area (Å²) in [7, 11) is 0. The molecule has 0 heteroatoms. The molecule has 1 aliphatic rings. The number of hydrogen-bond acceptors (Lipinski definition) is 0. The van der Waals surface area contributed by atoms with Crippen LogP contribution in [0.15, 0.2) is 41.2 Å². The maximum Gasteiger partial charge on any atom is -0.00286 e. The predicted octanol–water partition coefficient (Wildman–Crippen LogP) is 3.63.